The summed E-state index contributed by atoms with van der Waals surface area (Å²) in [6.07, 6.45) is 2.40. The van der Waals surface area contributed by atoms with Crippen molar-refractivity contribution in [2.45, 2.75) is 39.3 Å². The highest BCUT2D eigenvalue weighted by Crippen LogP contribution is 2.32. The predicted molar refractivity (Wildman–Crippen MR) is 142 cm³/mol. The summed E-state index contributed by atoms with van der Waals surface area (Å²) in [6.45, 7) is 10.1. The van der Waals surface area contributed by atoms with Crippen molar-refractivity contribution in [2.75, 3.05) is 45.4 Å². The molecule has 0 spiro atoms. The van der Waals surface area contributed by atoms with Gasteiger partial charge in [0, 0.05) is 42.0 Å². The second-order valence-corrected chi connectivity index (χ2v) is 9.31. The van der Waals surface area contributed by atoms with Crippen LogP contribution in [-0.4, -0.2) is 62.0 Å². The molecule has 1 aliphatic rings. The Kier molecular flexibility index (Phi) is 8.47. The maximum Gasteiger partial charge on any atom is 0.163 e. The number of methoxy groups -OCH3 is 1. The first-order valence-corrected chi connectivity index (χ1v) is 12.4. The molecule has 190 valence electrons. The van der Waals surface area contributed by atoms with Crippen molar-refractivity contribution in [3.63, 3.8) is 0 Å². The number of nitrogens with zero attached hydrogens (tertiary/aromatic N) is 3. The van der Waals surface area contributed by atoms with Gasteiger partial charge in [0.1, 0.15) is 25.0 Å². The first kappa shape index (κ1) is 25.5. The molecule has 0 saturated carbocycles. The van der Waals surface area contributed by atoms with Crippen LogP contribution in [0.3, 0.4) is 0 Å². The van der Waals surface area contributed by atoms with Crippen LogP contribution in [0, 0.1) is 11.3 Å². The van der Waals surface area contributed by atoms with Crippen LogP contribution < -0.4 is 24.8 Å². The lowest BCUT2D eigenvalue weighted by atomic mass is 10.0. The maximum absolute atomic E-state index is 9.64. The van der Waals surface area contributed by atoms with Gasteiger partial charge in [-0.15, -0.1) is 0 Å². The smallest absolute Gasteiger partial charge is 0.163 e. The topological polar surface area (TPSA) is 91.7 Å². The Morgan fingerprint density at radius 1 is 1.11 bits per heavy atom. The molecule has 8 nitrogen and oxygen atoms in total. The average Bonchev–Trinajstić information content (AvgIpc) is 2.90. The van der Waals surface area contributed by atoms with E-state index in [0.29, 0.717) is 24.8 Å². The molecule has 1 aromatic heterocycles. The molecule has 0 radical (unpaired) electrons. The zero-order valence-electron chi connectivity index (χ0n) is 21.5. The largest absolute Gasteiger partial charge is 0.497 e. The molecule has 2 heterocycles. The minimum absolute atomic E-state index is 0.266. The molecule has 2 N–H and O–H groups in total. The number of nitriles is 1. The van der Waals surface area contributed by atoms with E-state index in [4.69, 9.17) is 14.2 Å². The van der Waals surface area contributed by atoms with Crippen LogP contribution in [0.15, 0.2) is 42.6 Å². The first-order valence-electron chi connectivity index (χ1n) is 12.4. The monoisotopic (exact) mass is 489 g/mol. The number of anilines is 1. The van der Waals surface area contributed by atoms with Gasteiger partial charge in [-0.25, -0.2) is 0 Å². The minimum Gasteiger partial charge on any atom is -0.497 e. The Bertz CT molecular complexity index is 1220. The van der Waals surface area contributed by atoms with Crippen molar-refractivity contribution < 1.29 is 14.2 Å². The van der Waals surface area contributed by atoms with Crippen molar-refractivity contribution in [3.8, 4) is 23.3 Å². The second kappa shape index (κ2) is 11.9. The number of benzene rings is 2. The van der Waals surface area contributed by atoms with E-state index in [9.17, 15) is 5.26 Å². The number of nitrogens with one attached hydrogen (secondary N) is 2. The Hall–Kier alpha value is -3.54. The van der Waals surface area contributed by atoms with E-state index in [0.717, 1.165) is 65.6 Å². The van der Waals surface area contributed by atoms with E-state index in [1.807, 2.05) is 36.4 Å². The Balaban J connectivity index is 1.34. The number of fused-ring (bicyclic) bond motifs is 2. The highest BCUT2D eigenvalue weighted by molar-refractivity contribution is 5.85. The van der Waals surface area contributed by atoms with Crippen LogP contribution in [-0.2, 0) is 6.42 Å². The van der Waals surface area contributed by atoms with Gasteiger partial charge in [0.2, 0.25) is 0 Å². The Morgan fingerprint density at radius 3 is 2.67 bits per heavy atom. The first-order chi connectivity index (χ1) is 17.5. The number of ether oxygens (including phenoxy) is 3. The number of rotatable bonds is 11. The van der Waals surface area contributed by atoms with E-state index in [2.05, 4.69) is 47.4 Å². The third-order valence-corrected chi connectivity index (χ3v) is 6.44. The van der Waals surface area contributed by atoms with Gasteiger partial charge in [-0.1, -0.05) is 0 Å². The summed E-state index contributed by atoms with van der Waals surface area (Å²) in [5.74, 6) is 2.35. The van der Waals surface area contributed by atoms with Crippen molar-refractivity contribution in [1.82, 2.24) is 15.2 Å². The van der Waals surface area contributed by atoms with Crippen LogP contribution >= 0.6 is 0 Å². The van der Waals surface area contributed by atoms with E-state index in [-0.39, 0.29) is 6.04 Å². The maximum atomic E-state index is 9.64. The molecule has 0 saturated heterocycles. The number of aromatic nitrogens is 1. The number of hydrogen-bond acceptors (Lipinski definition) is 8. The van der Waals surface area contributed by atoms with Crippen molar-refractivity contribution in [1.29, 1.82) is 5.26 Å². The zero-order valence-corrected chi connectivity index (χ0v) is 21.5. The molecule has 0 aliphatic carbocycles. The van der Waals surface area contributed by atoms with Gasteiger partial charge >= 0.3 is 0 Å². The molecule has 0 fully saturated rings. The highest BCUT2D eigenvalue weighted by Gasteiger charge is 2.16. The van der Waals surface area contributed by atoms with Gasteiger partial charge in [0.05, 0.1) is 24.9 Å². The normalized spacial score (nSPS) is 13.6. The fourth-order valence-corrected chi connectivity index (χ4v) is 4.38. The Labute approximate surface area is 213 Å². The van der Waals surface area contributed by atoms with E-state index in [1.165, 1.54) is 0 Å². The molecule has 0 bridgehead atoms. The van der Waals surface area contributed by atoms with E-state index < -0.39 is 0 Å². The minimum atomic E-state index is 0.266. The van der Waals surface area contributed by atoms with Crippen LogP contribution in [0.25, 0.3) is 10.9 Å². The standard InChI is InChI=1S/C28H35N5O3/c1-19(2)33(18-32-22-5-8-27-28(13-22)36-12-11-35-27)17-20(3)30-10-9-24-21(15-29)16-31-26-7-6-23(34-4)14-25(24)26/h5-8,13-14,16,19-20,30,32H,9-12,17-18H2,1-4H3/t20-/m0/s1. The molecule has 1 aliphatic heterocycles. The fraction of sp³-hybridized carbons (Fsp3) is 0.429. The number of hydrogen-bond donors (Lipinski definition) is 2. The highest BCUT2D eigenvalue weighted by atomic mass is 16.6. The van der Waals surface area contributed by atoms with Crippen LogP contribution in [0.1, 0.15) is 31.9 Å². The van der Waals surface area contributed by atoms with Gasteiger partial charge in [-0.05, 0) is 69.6 Å². The summed E-state index contributed by atoms with van der Waals surface area (Å²) in [6, 6.07) is 14.7. The summed E-state index contributed by atoms with van der Waals surface area (Å²) in [5, 5.41) is 17.8. The van der Waals surface area contributed by atoms with Crippen molar-refractivity contribution >= 4 is 16.6 Å². The van der Waals surface area contributed by atoms with Crippen molar-refractivity contribution in [2.24, 2.45) is 0 Å². The summed E-state index contributed by atoms with van der Waals surface area (Å²) in [7, 11) is 1.65. The fourth-order valence-electron chi connectivity index (χ4n) is 4.38. The lowest BCUT2D eigenvalue weighted by molar-refractivity contribution is 0.171. The van der Waals surface area contributed by atoms with Gasteiger partial charge in [-0.2, -0.15) is 5.26 Å². The average molecular weight is 490 g/mol. The van der Waals surface area contributed by atoms with Crippen LogP contribution in [0.4, 0.5) is 5.69 Å². The van der Waals surface area contributed by atoms with Gasteiger partial charge < -0.3 is 24.8 Å². The van der Waals surface area contributed by atoms with Crippen LogP contribution in [0.5, 0.6) is 17.2 Å². The summed E-state index contributed by atoms with van der Waals surface area (Å²) >= 11 is 0. The Morgan fingerprint density at radius 2 is 1.92 bits per heavy atom. The lowest BCUT2D eigenvalue weighted by Gasteiger charge is -2.30. The van der Waals surface area contributed by atoms with E-state index >= 15 is 0 Å². The zero-order chi connectivity index (χ0) is 25.5. The third kappa shape index (κ3) is 6.17. The molecule has 2 aromatic carbocycles. The van der Waals surface area contributed by atoms with Gasteiger partial charge in [0.15, 0.2) is 11.5 Å². The summed E-state index contributed by atoms with van der Waals surface area (Å²) in [5.41, 5.74) is 3.49. The molecule has 8 heteroatoms. The van der Waals surface area contributed by atoms with Gasteiger partial charge in [0.25, 0.3) is 0 Å². The molecule has 1 atom stereocenters. The molecule has 4 rings (SSSR count). The molecule has 0 unspecified atom stereocenters. The summed E-state index contributed by atoms with van der Waals surface area (Å²) in [4.78, 5) is 6.82. The molecule has 3 aromatic rings. The van der Waals surface area contributed by atoms with E-state index in [1.54, 1.807) is 13.3 Å². The third-order valence-electron chi connectivity index (χ3n) is 6.44. The SMILES string of the molecule is COc1ccc2ncc(C#N)c(CCN[C@@H](C)CN(CNc3ccc4c(c3)OCCO4)C(C)C)c2c1. The molecular formula is C28H35N5O3. The molecular weight excluding hydrogens is 454 g/mol. The van der Waals surface area contributed by atoms with Crippen LogP contribution in [0.2, 0.25) is 0 Å². The second-order valence-electron chi connectivity index (χ2n) is 9.31. The quantitative estimate of drug-likeness (QED) is 0.388. The lowest BCUT2D eigenvalue weighted by Crippen LogP contribution is -2.45. The predicted octanol–water partition coefficient (Wildman–Crippen LogP) is 4.19. The summed E-state index contributed by atoms with van der Waals surface area (Å²) < 4.78 is 16.7. The van der Waals surface area contributed by atoms with Gasteiger partial charge in [-0.3, -0.25) is 9.88 Å². The number of pyridine rings is 1. The van der Waals surface area contributed by atoms with Crippen molar-refractivity contribution in [3.05, 3.63) is 53.7 Å². The molecule has 0 amide bonds. The molecule has 36 heavy (non-hydrogen) atoms.